The number of sulfonamides is 1. The number of aromatic nitrogens is 18. The first-order valence-electron chi connectivity index (χ1n) is 38.5. The van der Waals surface area contributed by atoms with Crippen molar-refractivity contribution in [2.24, 2.45) is 5.14 Å². The van der Waals surface area contributed by atoms with Crippen LogP contribution < -0.4 is 44.3 Å². The number of terminal acetylenes is 1. The molecule has 0 saturated heterocycles. The summed E-state index contributed by atoms with van der Waals surface area (Å²) in [5, 5.41) is 5.49. The van der Waals surface area contributed by atoms with Crippen LogP contribution in [0.25, 0.3) is 0 Å². The van der Waals surface area contributed by atoms with Crippen LogP contribution in [0.15, 0.2) is 120 Å². The molecule has 12 aromatic rings. The van der Waals surface area contributed by atoms with E-state index in [1.165, 1.54) is 45.0 Å². The number of nitrogen functional groups attached to an aromatic ring is 6. The Balaban J connectivity index is 0.000000197. The number of ether oxygens (including phenoxy) is 1. The fraction of sp³-hybridized carbons (Fsp3) is 0.356. The number of nitrogens with zero attached hydrogens (tertiary/aromatic N) is 18. The zero-order chi connectivity index (χ0) is 87.9. The van der Waals surface area contributed by atoms with E-state index in [9.17, 15) is 8.42 Å². The molecule has 0 bridgehead atoms. The second kappa shape index (κ2) is 44.1. The number of hydrogen-bond donors (Lipinski definition) is 7. The van der Waals surface area contributed by atoms with E-state index in [0.29, 0.717) is 142 Å². The summed E-state index contributed by atoms with van der Waals surface area (Å²) in [7, 11) is -2.23. The monoisotopic (exact) mass is 1820 g/mol. The zero-order valence-electron chi connectivity index (χ0n) is 71.0. The van der Waals surface area contributed by atoms with Gasteiger partial charge in [-0.1, -0.05) is 101 Å². The highest BCUT2D eigenvalue weighted by Gasteiger charge is 2.21. The average Bonchev–Trinajstić information content (AvgIpc) is 0.838. The summed E-state index contributed by atoms with van der Waals surface area (Å²) >= 11 is 11.6. The Hall–Kier alpha value is -11.1. The van der Waals surface area contributed by atoms with E-state index in [2.05, 4.69) is 209 Å². The number of nitrogens with two attached hydrogens (primary N) is 7. The number of methoxy groups -OCH3 is 1. The van der Waals surface area contributed by atoms with Crippen LogP contribution in [-0.2, 0) is 48.5 Å². The van der Waals surface area contributed by atoms with Gasteiger partial charge in [0.1, 0.15) is 89.0 Å². The molecule has 0 aliphatic rings. The molecule has 0 aromatic carbocycles. The van der Waals surface area contributed by atoms with Gasteiger partial charge in [0.2, 0.25) is 5.88 Å². The van der Waals surface area contributed by atoms with Crippen molar-refractivity contribution in [3.63, 3.8) is 0 Å². The Morgan fingerprint density at radius 2 is 0.639 bits per heavy atom. The molecule has 0 aliphatic heterocycles. The molecule has 0 radical (unpaired) electrons. The van der Waals surface area contributed by atoms with Crippen LogP contribution in [-0.4, -0.2) is 105 Å². The number of primary sulfonamides is 1. The van der Waals surface area contributed by atoms with E-state index in [-0.39, 0.29) is 10.9 Å². The maximum Gasteiger partial charge on any atom is 0.255 e. The van der Waals surface area contributed by atoms with Gasteiger partial charge in [0.25, 0.3) is 10.0 Å². The molecule has 12 aromatic heterocycles. The van der Waals surface area contributed by atoms with Crippen molar-refractivity contribution in [2.75, 3.05) is 41.5 Å². The molecule has 0 atom stereocenters. The van der Waals surface area contributed by atoms with Gasteiger partial charge in [-0.2, -0.15) is 0 Å². The molecule has 14 N–H and O–H groups in total. The average molecular weight is 1830 g/mol. The minimum absolute atomic E-state index is 0.154. The second-order valence-corrected chi connectivity index (χ2v) is 34.0. The highest BCUT2D eigenvalue weighted by atomic mass is 127. The van der Waals surface area contributed by atoms with Crippen LogP contribution >= 0.6 is 50.1 Å². The van der Waals surface area contributed by atoms with E-state index in [4.69, 9.17) is 62.3 Å². The normalized spacial score (nSPS) is 11.1. The Bertz CT molecular complexity index is 5400. The van der Waals surface area contributed by atoms with Crippen LogP contribution in [0, 0.1) is 57.6 Å². The molecule has 119 heavy (non-hydrogen) atoms. The minimum atomic E-state index is -3.85. The zero-order valence-corrected chi connectivity index (χ0v) is 76.4. The lowest BCUT2D eigenvalue weighted by Gasteiger charge is -2.14. The lowest BCUT2D eigenvalue weighted by atomic mass is 9.94. The molecule has 0 aliphatic carbocycles. The molecule has 0 amide bonds. The van der Waals surface area contributed by atoms with Crippen molar-refractivity contribution < 1.29 is 13.2 Å². The van der Waals surface area contributed by atoms with Gasteiger partial charge < -0.3 is 39.1 Å². The van der Waals surface area contributed by atoms with Crippen LogP contribution in [0.3, 0.4) is 0 Å². The van der Waals surface area contributed by atoms with Gasteiger partial charge in [0.15, 0.2) is 5.03 Å². The molecule has 12 rings (SSSR count). The quantitative estimate of drug-likeness (QED) is 0.0212. The lowest BCUT2D eigenvalue weighted by Crippen LogP contribution is -2.15. The maximum absolute atomic E-state index is 11.5. The Morgan fingerprint density at radius 3 is 0.950 bits per heavy atom. The molecule has 0 saturated carbocycles. The van der Waals surface area contributed by atoms with Crippen molar-refractivity contribution in [2.45, 2.75) is 204 Å². The summed E-state index contributed by atoms with van der Waals surface area (Å²) < 4.78 is 30.0. The molecular formula is C87H108BrClIN25O3S. The van der Waals surface area contributed by atoms with E-state index >= 15 is 0 Å². The topological polar surface area (TPSA) is 458 Å². The van der Waals surface area contributed by atoms with Crippen LogP contribution in [0.1, 0.15) is 259 Å². The Labute approximate surface area is 726 Å². The Kier molecular flexibility index (Phi) is 35.3. The summed E-state index contributed by atoms with van der Waals surface area (Å²) in [5.41, 5.74) is 55.3. The van der Waals surface area contributed by atoms with E-state index in [1.807, 2.05) is 110 Å². The second-order valence-electron chi connectivity index (χ2n) is 30.2. The predicted molar refractivity (Wildman–Crippen MR) is 485 cm³/mol. The predicted octanol–water partition coefficient (Wildman–Crippen LogP) is 15.5. The highest BCUT2D eigenvalue weighted by Crippen LogP contribution is 2.32. The van der Waals surface area contributed by atoms with E-state index in [0.717, 1.165) is 82.3 Å². The number of aryl methyl sites for hydroxylation is 6. The smallest absolute Gasteiger partial charge is 0.255 e. The minimum Gasteiger partial charge on any atom is -0.481 e. The third-order valence-electron chi connectivity index (χ3n) is 18.8. The SMILES string of the molecule is C#Cc1cc(Cc2cnc(C)nc2N)c(C(C)C)cn1.COc1cc(Cc2cnc(C)nc2N)c(C(C)C)cn1.Cc1ncc(Cc2cc(Br)ncc2C(C)C)c(N)n1.Cc1ncc(Cc2cc(Cl)ncc2C(C)C)c(N)n1.Cc1ncc(Cc2cc(I)ncc2C(C)C)c(N)n1.Cc1ncc(Cc2cc(S(N)(=O)=O)ncc2C(C)C)c(N)n1. The number of rotatable bonds is 20. The van der Waals surface area contributed by atoms with Crippen LogP contribution in [0.5, 0.6) is 5.88 Å². The van der Waals surface area contributed by atoms with Crippen molar-refractivity contribution in [1.29, 1.82) is 0 Å². The molecule has 32 heteroatoms. The molecular weight excluding hydrogens is 1720 g/mol. The first kappa shape index (κ1) is 95.1. The largest absolute Gasteiger partial charge is 0.481 e. The fourth-order valence-electron chi connectivity index (χ4n) is 12.4. The van der Waals surface area contributed by atoms with Gasteiger partial charge in [-0.15, -0.1) is 6.42 Å². The highest BCUT2D eigenvalue weighted by molar-refractivity contribution is 14.1. The Morgan fingerprint density at radius 1 is 0.370 bits per heavy atom. The summed E-state index contributed by atoms with van der Waals surface area (Å²) in [6, 6.07) is 11.4. The molecule has 12 heterocycles. The van der Waals surface area contributed by atoms with Gasteiger partial charge in [-0.3, -0.25) is 4.98 Å². The third kappa shape index (κ3) is 28.6. The van der Waals surface area contributed by atoms with Crippen molar-refractivity contribution >= 4 is 95.1 Å². The number of halogens is 3. The molecule has 0 spiro atoms. The summed E-state index contributed by atoms with van der Waals surface area (Å²) in [6.45, 7) is 36.4. The maximum atomic E-state index is 11.5. The summed E-state index contributed by atoms with van der Waals surface area (Å²) in [6.07, 6.45) is 30.9. The van der Waals surface area contributed by atoms with Crippen molar-refractivity contribution in [3.8, 4) is 18.2 Å². The van der Waals surface area contributed by atoms with Gasteiger partial charge >= 0.3 is 0 Å². The number of anilines is 6. The molecule has 0 unspecified atom stereocenters. The fourth-order valence-corrected chi connectivity index (χ4v) is 14.0. The molecule has 626 valence electrons. The number of pyridine rings is 6. The van der Waals surface area contributed by atoms with E-state index < -0.39 is 10.0 Å². The first-order chi connectivity index (χ1) is 56.1. The van der Waals surface area contributed by atoms with Crippen molar-refractivity contribution in [3.05, 3.63) is 265 Å². The van der Waals surface area contributed by atoms with Gasteiger partial charge in [-0.25, -0.2) is 98.3 Å². The molecule has 28 nitrogen and oxygen atoms in total. The third-order valence-corrected chi connectivity index (χ3v) is 20.8. The number of hydrogen-bond acceptors (Lipinski definition) is 27. The van der Waals surface area contributed by atoms with Crippen LogP contribution in [0.2, 0.25) is 5.15 Å². The van der Waals surface area contributed by atoms with Gasteiger partial charge in [0.05, 0.1) is 7.11 Å². The summed E-state index contributed by atoms with van der Waals surface area (Å²) in [5.74, 6) is 12.5. The summed E-state index contributed by atoms with van der Waals surface area (Å²) in [4.78, 5) is 75.6. The van der Waals surface area contributed by atoms with Gasteiger partial charge in [-0.05, 0) is 213 Å². The van der Waals surface area contributed by atoms with Crippen LogP contribution in [0.4, 0.5) is 34.9 Å². The van der Waals surface area contributed by atoms with Gasteiger partial charge in [0, 0.05) is 152 Å². The first-order valence-corrected chi connectivity index (χ1v) is 42.3. The lowest BCUT2D eigenvalue weighted by molar-refractivity contribution is 0.397. The molecule has 0 fully saturated rings. The van der Waals surface area contributed by atoms with Crippen molar-refractivity contribution in [1.82, 2.24) is 89.7 Å². The van der Waals surface area contributed by atoms with E-state index in [1.54, 1.807) is 51.2 Å². The standard InChI is InChI=1S/C16H18N4.C15H20N4O.C14H17BrN4.C14H17ClN4.C14H17IN4.C14H19N5O2S/c1-5-14-7-12(15(9-19-14)10(2)3)6-13-8-18-11(4)20-16(13)17;1-9(2)13-8-18-14(20-4)6-11(13)5-12-7-17-10(3)19-15(12)16;3*1-8(2)12-7-18-13(15)5-10(12)4-11-6-17-9(3)19-14(11)16;1-8(2)12-7-18-13(22(16,20)21)5-10(12)4-11-6-17-9(3)19-14(11)15/h1,7-10H,6H2,2-4H3,(H2,17,18,20);6-9H,5H2,1-4H3,(H2,16,17,19);3*5-8H,4H2,1-3H3,(H2,16,17,19);5-8H,4H2,1-3H3,(H2,15,17,19)(H2,16,20,21).